The van der Waals surface area contributed by atoms with E-state index in [4.69, 9.17) is 14.2 Å². The highest BCUT2D eigenvalue weighted by atomic mass is 32.2. The summed E-state index contributed by atoms with van der Waals surface area (Å²) in [5, 5.41) is 10.9. The Bertz CT molecular complexity index is 1920. The van der Waals surface area contributed by atoms with Crippen molar-refractivity contribution in [2.24, 2.45) is 5.92 Å². The zero-order valence-corrected chi connectivity index (χ0v) is 28.0. The average molecular weight is 663 g/mol. The van der Waals surface area contributed by atoms with Crippen LogP contribution in [0.4, 0.5) is 17.3 Å². The summed E-state index contributed by atoms with van der Waals surface area (Å²) in [7, 11) is -0.210. The quantitative estimate of drug-likeness (QED) is 0.243. The molecule has 0 spiro atoms. The summed E-state index contributed by atoms with van der Waals surface area (Å²) in [6.07, 6.45) is 4.56. The first kappa shape index (κ1) is 32.8. The van der Waals surface area contributed by atoms with Crippen LogP contribution in [0.3, 0.4) is 0 Å². The first-order chi connectivity index (χ1) is 22.6. The molecule has 47 heavy (non-hydrogen) atoms. The molecule has 2 fully saturated rings. The van der Waals surface area contributed by atoms with E-state index in [2.05, 4.69) is 51.3 Å². The van der Waals surface area contributed by atoms with Crippen LogP contribution in [0.15, 0.2) is 57.6 Å². The minimum absolute atomic E-state index is 0.0918. The van der Waals surface area contributed by atoms with Gasteiger partial charge in [0.25, 0.3) is 10.7 Å². The van der Waals surface area contributed by atoms with E-state index in [1.54, 1.807) is 31.3 Å². The number of aryl methyl sites for hydroxylation is 1. The minimum Gasteiger partial charge on any atom is -0.381 e. The molecule has 250 valence electrons. The van der Waals surface area contributed by atoms with Gasteiger partial charge in [0.1, 0.15) is 5.65 Å². The number of pyridine rings is 1. The molecule has 0 unspecified atom stereocenters. The number of rotatable bonds is 11. The minimum atomic E-state index is -3.81. The van der Waals surface area contributed by atoms with Gasteiger partial charge in [0, 0.05) is 74.5 Å². The molecule has 1 aromatic carbocycles. The summed E-state index contributed by atoms with van der Waals surface area (Å²) in [4.78, 5) is 27.8. The number of ether oxygens (including phenoxy) is 1. The summed E-state index contributed by atoms with van der Waals surface area (Å²) < 4.78 is 38.7. The Labute approximate surface area is 274 Å². The van der Waals surface area contributed by atoms with Crippen LogP contribution < -0.4 is 21.1 Å². The fourth-order valence-corrected chi connectivity index (χ4v) is 7.63. The predicted octanol–water partition coefficient (Wildman–Crippen LogP) is 3.06. The molecule has 0 aliphatic carbocycles. The fourth-order valence-electron chi connectivity index (χ4n) is 6.16. The number of benzene rings is 1. The van der Waals surface area contributed by atoms with Crippen molar-refractivity contribution in [1.82, 2.24) is 29.9 Å². The number of nitrogens with zero attached hydrogens (tertiary/aromatic N) is 6. The van der Waals surface area contributed by atoms with Crippen molar-refractivity contribution < 1.29 is 17.7 Å². The molecule has 13 nitrogen and oxygen atoms in total. The van der Waals surface area contributed by atoms with Crippen LogP contribution in [-0.4, -0.2) is 98.8 Å². The maximum atomic E-state index is 14.2. The number of anilines is 3. The summed E-state index contributed by atoms with van der Waals surface area (Å²) in [5.41, 5.74) is 4.59. The number of sulfone groups is 1. The van der Waals surface area contributed by atoms with Gasteiger partial charge in [-0.3, -0.25) is 9.36 Å². The van der Waals surface area contributed by atoms with Gasteiger partial charge in [-0.2, -0.15) is 4.98 Å². The number of piperazine rings is 1. The van der Waals surface area contributed by atoms with E-state index in [-0.39, 0.29) is 34.4 Å². The monoisotopic (exact) mass is 662 g/mol. The van der Waals surface area contributed by atoms with E-state index in [0.29, 0.717) is 42.3 Å². The Balaban J connectivity index is 1.38. The number of fused-ring (bicyclic) bond motifs is 1. The van der Waals surface area contributed by atoms with E-state index in [1.165, 1.54) is 16.5 Å². The van der Waals surface area contributed by atoms with Crippen molar-refractivity contribution in [3.8, 4) is 0 Å². The Kier molecular flexibility index (Phi) is 9.73. The van der Waals surface area contributed by atoms with Gasteiger partial charge in [0.05, 0.1) is 24.1 Å². The lowest BCUT2D eigenvalue weighted by Gasteiger charge is -2.30. The molecule has 0 radical (unpaired) electrons. The number of aromatic nitrogens is 4. The molecule has 2 saturated heterocycles. The Hall–Kier alpha value is -4.11. The molecule has 0 atom stereocenters. The van der Waals surface area contributed by atoms with Crippen LogP contribution in [0, 0.1) is 12.8 Å². The molecule has 6 rings (SSSR count). The van der Waals surface area contributed by atoms with Crippen molar-refractivity contribution in [3.05, 3.63) is 70.3 Å². The summed E-state index contributed by atoms with van der Waals surface area (Å²) in [6, 6.07) is 7.93. The molecule has 2 aliphatic heterocycles. The van der Waals surface area contributed by atoms with Crippen molar-refractivity contribution in [1.29, 1.82) is 0 Å². The molecular weight excluding hydrogens is 620 g/mol. The van der Waals surface area contributed by atoms with Gasteiger partial charge in [0.15, 0.2) is 0 Å². The van der Waals surface area contributed by atoms with E-state index >= 15 is 0 Å². The number of allylic oxidation sites excluding steroid dienone is 1. The largest absolute Gasteiger partial charge is 0.381 e. The van der Waals surface area contributed by atoms with Crippen LogP contribution in [-0.2, 0) is 21.1 Å². The van der Waals surface area contributed by atoms with Crippen molar-refractivity contribution in [2.45, 2.75) is 31.4 Å². The Morgan fingerprint density at radius 1 is 1.15 bits per heavy atom. The molecule has 5 heterocycles. The molecule has 0 amide bonds. The van der Waals surface area contributed by atoms with Gasteiger partial charge in [0.2, 0.25) is 15.8 Å². The van der Waals surface area contributed by atoms with E-state index in [0.717, 1.165) is 55.8 Å². The SMILES string of the molecule is C=C(c1cc2cnc(Nc3ccc(N4CCNCC4)c(C)c3)nc2n(Cc2cnoc2S(=O)(=O)CCN(C)C)c1=O)C1CCOCC1. The van der Waals surface area contributed by atoms with Crippen LogP contribution >= 0.6 is 0 Å². The average Bonchev–Trinajstić information content (AvgIpc) is 3.55. The van der Waals surface area contributed by atoms with Gasteiger partial charge < -0.3 is 29.7 Å². The van der Waals surface area contributed by atoms with Gasteiger partial charge in [-0.05, 0) is 75.2 Å². The standard InChI is InChI=1S/C33H42N8O5S/c1-22-17-27(5-6-29(22)40-11-9-34-10-12-40)37-33-35-19-25-18-28(23(2)24-7-14-45-15-8-24)31(42)41(30(25)38-33)21-26-20-36-46-32(26)47(43,44)16-13-39(3)4/h5-6,17-20,24,34H,2,7-16,21H2,1,3-4H3,(H,35,37,38). The lowest BCUT2D eigenvalue weighted by molar-refractivity contribution is 0.0808. The highest BCUT2D eigenvalue weighted by Crippen LogP contribution is 2.31. The van der Waals surface area contributed by atoms with E-state index < -0.39 is 9.84 Å². The maximum absolute atomic E-state index is 14.2. The predicted molar refractivity (Wildman–Crippen MR) is 182 cm³/mol. The lowest BCUT2D eigenvalue weighted by Crippen LogP contribution is -2.43. The highest BCUT2D eigenvalue weighted by molar-refractivity contribution is 7.91. The highest BCUT2D eigenvalue weighted by Gasteiger charge is 2.27. The third-order valence-electron chi connectivity index (χ3n) is 8.82. The smallest absolute Gasteiger partial charge is 0.260 e. The second-order valence-corrected chi connectivity index (χ2v) is 14.5. The Morgan fingerprint density at radius 3 is 2.64 bits per heavy atom. The fraction of sp³-hybridized carbons (Fsp3) is 0.455. The molecule has 14 heteroatoms. The number of hydrogen-bond acceptors (Lipinski definition) is 12. The molecule has 2 aliphatic rings. The summed E-state index contributed by atoms with van der Waals surface area (Å²) >= 11 is 0. The van der Waals surface area contributed by atoms with Crippen LogP contribution in [0.1, 0.15) is 29.5 Å². The third kappa shape index (κ3) is 7.25. The third-order valence-corrected chi connectivity index (χ3v) is 10.4. The molecule has 4 aromatic rings. The normalized spacial score (nSPS) is 16.2. The zero-order chi connectivity index (χ0) is 33.1. The van der Waals surface area contributed by atoms with Gasteiger partial charge in [-0.25, -0.2) is 13.4 Å². The van der Waals surface area contributed by atoms with Crippen molar-refractivity contribution in [3.63, 3.8) is 0 Å². The van der Waals surface area contributed by atoms with Crippen LogP contribution in [0.5, 0.6) is 0 Å². The molecule has 2 N–H and O–H groups in total. The van der Waals surface area contributed by atoms with E-state index in [1.807, 2.05) is 6.07 Å². The van der Waals surface area contributed by atoms with Crippen molar-refractivity contribution in [2.75, 3.05) is 76.0 Å². The second-order valence-electron chi connectivity index (χ2n) is 12.5. The van der Waals surface area contributed by atoms with Crippen molar-refractivity contribution >= 4 is 43.8 Å². The van der Waals surface area contributed by atoms with Gasteiger partial charge >= 0.3 is 0 Å². The molecular formula is C33H42N8O5S. The zero-order valence-electron chi connectivity index (χ0n) is 27.2. The first-order valence-corrected chi connectivity index (χ1v) is 17.6. The Morgan fingerprint density at radius 2 is 1.91 bits per heavy atom. The molecule has 3 aromatic heterocycles. The molecule has 0 saturated carbocycles. The van der Waals surface area contributed by atoms with Crippen LogP contribution in [0.2, 0.25) is 0 Å². The summed E-state index contributed by atoms with van der Waals surface area (Å²) in [5.74, 6) is 0.246. The van der Waals surface area contributed by atoms with Gasteiger partial charge in [-0.15, -0.1) is 0 Å². The topological polar surface area (TPSA) is 148 Å². The van der Waals surface area contributed by atoms with Gasteiger partial charge in [-0.1, -0.05) is 11.7 Å². The van der Waals surface area contributed by atoms with Crippen LogP contribution in [0.25, 0.3) is 16.6 Å². The second kappa shape index (κ2) is 13.9. The number of hydrogen-bond donors (Lipinski definition) is 2. The molecule has 0 bridgehead atoms. The summed E-state index contributed by atoms with van der Waals surface area (Å²) in [6.45, 7) is 11.6. The lowest BCUT2D eigenvalue weighted by atomic mass is 9.88. The number of nitrogens with one attached hydrogen (secondary N) is 2. The van der Waals surface area contributed by atoms with E-state index in [9.17, 15) is 13.2 Å². The maximum Gasteiger partial charge on any atom is 0.260 e. The first-order valence-electron chi connectivity index (χ1n) is 15.9.